The zero-order valence-corrected chi connectivity index (χ0v) is 14.6. The molecule has 2 aromatic rings. The molecule has 1 fully saturated rings. The fourth-order valence-corrected chi connectivity index (χ4v) is 2.87. The summed E-state index contributed by atoms with van der Waals surface area (Å²) in [4.78, 5) is 25.1. The Morgan fingerprint density at radius 3 is 2.65 bits per heavy atom. The van der Waals surface area contributed by atoms with Gasteiger partial charge in [-0.15, -0.1) is 0 Å². The van der Waals surface area contributed by atoms with Gasteiger partial charge in [-0.1, -0.05) is 36.4 Å². The van der Waals surface area contributed by atoms with E-state index in [-0.39, 0.29) is 23.1 Å². The van der Waals surface area contributed by atoms with Gasteiger partial charge in [0.05, 0.1) is 25.0 Å². The van der Waals surface area contributed by atoms with E-state index < -0.39 is 5.97 Å². The molecule has 0 aromatic heterocycles. The fraction of sp³-hybridized carbons (Fsp3) is 0.111. The van der Waals surface area contributed by atoms with Crippen molar-refractivity contribution >= 4 is 41.1 Å². The van der Waals surface area contributed by atoms with Crippen LogP contribution in [0, 0.1) is 0 Å². The lowest BCUT2D eigenvalue weighted by atomic mass is 10.1. The van der Waals surface area contributed by atoms with Crippen LogP contribution in [0.15, 0.2) is 53.6 Å². The first kappa shape index (κ1) is 17.6. The Morgan fingerprint density at radius 1 is 1.23 bits per heavy atom. The molecule has 0 N–H and O–H groups in total. The second-order valence-corrected chi connectivity index (χ2v) is 5.73. The Bertz CT molecular complexity index is 913. The molecule has 0 radical (unpaired) electrons. The summed E-state index contributed by atoms with van der Waals surface area (Å²) in [5.41, 5.74) is 0.954. The minimum Gasteiger partial charge on any atom is -0.545 e. The number of hydrogen-bond donors (Lipinski definition) is 0. The number of carboxylic acid groups (broad SMARTS) is 1. The van der Waals surface area contributed by atoms with Crippen molar-refractivity contribution in [2.45, 2.75) is 0 Å². The first-order chi connectivity index (χ1) is 12.5. The lowest BCUT2D eigenvalue weighted by molar-refractivity contribution is -0.255. The number of carbonyl (C=O) groups is 2. The highest BCUT2D eigenvalue weighted by Crippen LogP contribution is 2.30. The number of hydrogen-bond acceptors (Lipinski definition) is 6. The highest BCUT2D eigenvalue weighted by molar-refractivity contribution is 7.80. The summed E-state index contributed by atoms with van der Waals surface area (Å²) in [6, 6.07) is 13.4. The summed E-state index contributed by atoms with van der Waals surface area (Å²) in [7, 11) is 1.53. The van der Waals surface area contributed by atoms with Crippen molar-refractivity contribution < 1.29 is 19.4 Å². The molecule has 0 bridgehead atoms. The number of benzene rings is 2. The van der Waals surface area contributed by atoms with Gasteiger partial charge in [0.15, 0.2) is 0 Å². The van der Waals surface area contributed by atoms with Crippen LogP contribution in [0.1, 0.15) is 15.9 Å². The highest BCUT2D eigenvalue weighted by atomic mass is 32.1. The molecule has 0 unspecified atom stereocenters. The number of methoxy groups -OCH3 is 1. The van der Waals surface area contributed by atoms with Gasteiger partial charge in [-0.05, 0) is 24.4 Å². The van der Waals surface area contributed by atoms with Crippen LogP contribution in [-0.4, -0.2) is 41.9 Å². The van der Waals surface area contributed by atoms with Crippen molar-refractivity contribution in [2.24, 2.45) is 5.10 Å². The molecular formula is C18H14N3O4S-. The number of thiocarbonyl (C=S) groups is 1. The standard InChI is InChI=1S/C18H15N3O4S/c1-25-15-9-5-4-8-14(15)20-11-16(22)21(18(20)26)19-10-12-6-2-3-7-13(12)17(23)24/h2-10H,11H2,1H3,(H,23,24)/p-1/b19-10-. The molecule has 0 saturated carbocycles. The number of hydrazone groups is 1. The Hall–Kier alpha value is -3.26. The van der Waals surface area contributed by atoms with E-state index >= 15 is 0 Å². The highest BCUT2D eigenvalue weighted by Gasteiger charge is 2.35. The summed E-state index contributed by atoms with van der Waals surface area (Å²) < 4.78 is 5.31. The van der Waals surface area contributed by atoms with Gasteiger partial charge in [0.2, 0.25) is 5.11 Å². The second-order valence-electron chi connectivity index (χ2n) is 5.37. The third kappa shape index (κ3) is 3.27. The zero-order chi connectivity index (χ0) is 18.7. The summed E-state index contributed by atoms with van der Waals surface area (Å²) in [6.07, 6.45) is 1.28. The minimum atomic E-state index is -1.32. The van der Waals surface area contributed by atoms with Crippen molar-refractivity contribution in [2.75, 3.05) is 18.6 Å². The molecule has 7 nitrogen and oxygen atoms in total. The monoisotopic (exact) mass is 368 g/mol. The van der Waals surface area contributed by atoms with Gasteiger partial charge in [-0.3, -0.25) is 4.79 Å². The zero-order valence-electron chi connectivity index (χ0n) is 13.8. The normalized spacial score (nSPS) is 14.3. The van der Waals surface area contributed by atoms with Crippen LogP contribution in [0.2, 0.25) is 0 Å². The number of rotatable bonds is 5. The van der Waals surface area contributed by atoms with Gasteiger partial charge in [-0.25, -0.2) is 0 Å². The maximum atomic E-state index is 12.3. The SMILES string of the molecule is COc1ccccc1N1CC(=O)N(/N=C\c2ccccc2C(=O)[O-])C1=S. The summed E-state index contributed by atoms with van der Waals surface area (Å²) in [6.45, 7) is 0.0126. The molecule has 1 aliphatic rings. The van der Waals surface area contributed by atoms with Gasteiger partial charge in [0.1, 0.15) is 12.3 Å². The van der Waals surface area contributed by atoms with E-state index in [1.54, 1.807) is 35.2 Å². The summed E-state index contributed by atoms with van der Waals surface area (Å²) in [5, 5.41) is 16.5. The fourth-order valence-electron chi connectivity index (χ4n) is 2.56. The van der Waals surface area contributed by atoms with Gasteiger partial charge in [0, 0.05) is 11.1 Å². The average Bonchev–Trinajstić information content (AvgIpc) is 2.93. The number of aromatic carboxylic acids is 1. The van der Waals surface area contributed by atoms with Crippen LogP contribution in [0.25, 0.3) is 0 Å². The van der Waals surface area contributed by atoms with E-state index in [4.69, 9.17) is 17.0 Å². The number of carboxylic acids is 1. The first-order valence-corrected chi connectivity index (χ1v) is 8.05. The van der Waals surface area contributed by atoms with Crippen molar-refractivity contribution in [3.63, 3.8) is 0 Å². The molecular weight excluding hydrogens is 354 g/mol. The molecule has 2 aromatic carbocycles. The van der Waals surface area contributed by atoms with Crippen molar-refractivity contribution in [1.82, 2.24) is 5.01 Å². The maximum absolute atomic E-state index is 12.3. The lowest BCUT2D eigenvalue weighted by Gasteiger charge is -2.19. The van der Waals surface area contributed by atoms with Crippen LogP contribution >= 0.6 is 12.2 Å². The van der Waals surface area contributed by atoms with Gasteiger partial charge >= 0.3 is 0 Å². The molecule has 1 heterocycles. The Balaban J connectivity index is 1.88. The largest absolute Gasteiger partial charge is 0.545 e. The third-order valence-corrected chi connectivity index (χ3v) is 4.20. The smallest absolute Gasteiger partial charge is 0.269 e. The van der Waals surface area contributed by atoms with E-state index in [0.717, 1.165) is 5.01 Å². The molecule has 1 amide bonds. The molecule has 0 atom stereocenters. The molecule has 0 spiro atoms. The van der Waals surface area contributed by atoms with E-state index in [1.165, 1.54) is 19.4 Å². The van der Waals surface area contributed by atoms with Crippen molar-refractivity contribution in [3.05, 3.63) is 59.7 Å². The second kappa shape index (κ2) is 7.32. The Morgan fingerprint density at radius 2 is 1.92 bits per heavy atom. The predicted octanol–water partition coefficient (Wildman–Crippen LogP) is 1.03. The van der Waals surface area contributed by atoms with Crippen LogP contribution in [0.4, 0.5) is 5.69 Å². The van der Waals surface area contributed by atoms with E-state index in [0.29, 0.717) is 17.0 Å². The van der Waals surface area contributed by atoms with Gasteiger partial charge < -0.3 is 19.5 Å². The third-order valence-electron chi connectivity index (χ3n) is 3.81. The summed E-state index contributed by atoms with van der Waals surface area (Å²) >= 11 is 5.36. The number of para-hydroxylation sites is 2. The minimum absolute atomic E-state index is 0.0126. The van der Waals surface area contributed by atoms with Gasteiger partial charge in [0.25, 0.3) is 5.91 Å². The Kier molecular flexibility index (Phi) is 4.94. The van der Waals surface area contributed by atoms with Crippen LogP contribution in [-0.2, 0) is 4.79 Å². The topological polar surface area (TPSA) is 85.3 Å². The molecule has 3 rings (SSSR count). The predicted molar refractivity (Wildman–Crippen MR) is 98.2 cm³/mol. The molecule has 26 heavy (non-hydrogen) atoms. The van der Waals surface area contributed by atoms with Crippen LogP contribution < -0.4 is 14.7 Å². The number of ether oxygens (including phenoxy) is 1. The number of amides is 1. The lowest BCUT2D eigenvalue weighted by Crippen LogP contribution is -2.29. The molecule has 1 saturated heterocycles. The maximum Gasteiger partial charge on any atom is 0.269 e. The first-order valence-electron chi connectivity index (χ1n) is 7.64. The van der Waals surface area contributed by atoms with Gasteiger partial charge in [-0.2, -0.15) is 10.1 Å². The number of anilines is 1. The van der Waals surface area contributed by atoms with E-state index in [2.05, 4.69) is 5.10 Å². The average molecular weight is 368 g/mol. The number of nitrogens with zero attached hydrogens (tertiary/aromatic N) is 3. The van der Waals surface area contributed by atoms with Crippen molar-refractivity contribution in [1.29, 1.82) is 0 Å². The quantitative estimate of drug-likeness (QED) is 0.579. The molecule has 132 valence electrons. The molecule has 1 aliphatic heterocycles. The number of carbonyl (C=O) groups excluding carboxylic acids is 2. The summed E-state index contributed by atoms with van der Waals surface area (Å²) in [5.74, 6) is -1.07. The molecule has 8 heteroatoms. The van der Waals surface area contributed by atoms with Crippen LogP contribution in [0.3, 0.4) is 0 Å². The van der Waals surface area contributed by atoms with E-state index in [1.807, 2.05) is 12.1 Å². The Labute approximate surface area is 155 Å². The van der Waals surface area contributed by atoms with Crippen LogP contribution in [0.5, 0.6) is 5.75 Å². The molecule has 0 aliphatic carbocycles. The van der Waals surface area contributed by atoms with E-state index in [9.17, 15) is 14.7 Å². The van der Waals surface area contributed by atoms with Crippen molar-refractivity contribution in [3.8, 4) is 5.75 Å².